The zero-order valence-corrected chi connectivity index (χ0v) is 20.1. The SMILES string of the molecule is CC[C@H]1CN(CC(N)C(=O)N2C(C#N)CC3CC32)CC(=O)N1C(C)c1cccc(C(=O)NC)c1. The second-order valence-electron chi connectivity index (χ2n) is 9.73. The van der Waals surface area contributed by atoms with Crippen molar-refractivity contribution in [1.82, 2.24) is 20.0 Å². The number of carbonyl (C=O) groups excluding carboxylic acids is 3. The Bertz CT molecular complexity index is 1010. The monoisotopic (exact) mass is 466 g/mol. The first-order chi connectivity index (χ1) is 16.3. The number of benzene rings is 1. The van der Waals surface area contributed by atoms with Crippen LogP contribution in [0, 0.1) is 17.2 Å². The second kappa shape index (κ2) is 9.72. The molecule has 3 fully saturated rings. The number of fused-ring (bicyclic) bond motifs is 1. The van der Waals surface area contributed by atoms with E-state index in [1.807, 2.05) is 41.8 Å². The summed E-state index contributed by atoms with van der Waals surface area (Å²) < 4.78 is 0. The second-order valence-corrected chi connectivity index (χ2v) is 9.73. The summed E-state index contributed by atoms with van der Waals surface area (Å²) >= 11 is 0. The van der Waals surface area contributed by atoms with E-state index >= 15 is 0 Å². The van der Waals surface area contributed by atoms with Gasteiger partial charge in [-0.2, -0.15) is 5.26 Å². The number of rotatable bonds is 7. The van der Waals surface area contributed by atoms with Crippen molar-refractivity contribution in [3.05, 3.63) is 35.4 Å². The predicted molar refractivity (Wildman–Crippen MR) is 126 cm³/mol. The molecule has 1 aromatic rings. The van der Waals surface area contributed by atoms with Gasteiger partial charge >= 0.3 is 0 Å². The van der Waals surface area contributed by atoms with Gasteiger partial charge in [-0.3, -0.25) is 19.3 Å². The van der Waals surface area contributed by atoms with Gasteiger partial charge in [-0.25, -0.2) is 0 Å². The third-order valence-corrected chi connectivity index (χ3v) is 7.54. The van der Waals surface area contributed by atoms with Crippen LogP contribution in [0.15, 0.2) is 24.3 Å². The average molecular weight is 467 g/mol. The summed E-state index contributed by atoms with van der Waals surface area (Å²) in [6.07, 6.45) is 2.47. The molecular weight excluding hydrogens is 432 g/mol. The topological polar surface area (TPSA) is 123 Å². The van der Waals surface area contributed by atoms with Crippen LogP contribution in [0.25, 0.3) is 0 Å². The highest BCUT2D eigenvalue weighted by Crippen LogP contribution is 2.47. The molecule has 1 saturated carbocycles. The van der Waals surface area contributed by atoms with Gasteiger partial charge < -0.3 is 20.9 Å². The first kappa shape index (κ1) is 24.2. The van der Waals surface area contributed by atoms with Crippen molar-refractivity contribution in [2.45, 2.75) is 63.3 Å². The Morgan fingerprint density at radius 3 is 2.76 bits per heavy atom. The number of likely N-dealkylation sites (tertiary alicyclic amines) is 1. The molecule has 2 saturated heterocycles. The van der Waals surface area contributed by atoms with Crippen molar-refractivity contribution in [3.63, 3.8) is 0 Å². The number of hydrogen-bond donors (Lipinski definition) is 2. The lowest BCUT2D eigenvalue weighted by Crippen LogP contribution is -2.60. The minimum Gasteiger partial charge on any atom is -0.355 e. The van der Waals surface area contributed by atoms with Gasteiger partial charge in [-0.15, -0.1) is 0 Å². The zero-order valence-electron chi connectivity index (χ0n) is 20.1. The smallest absolute Gasteiger partial charge is 0.251 e. The summed E-state index contributed by atoms with van der Waals surface area (Å²) in [6.45, 7) is 5.13. The van der Waals surface area contributed by atoms with Crippen LogP contribution < -0.4 is 11.1 Å². The zero-order chi connectivity index (χ0) is 24.6. The number of nitriles is 1. The Morgan fingerprint density at radius 1 is 1.32 bits per heavy atom. The Balaban J connectivity index is 1.42. The molecule has 3 N–H and O–H groups in total. The van der Waals surface area contributed by atoms with Gasteiger partial charge in [0.05, 0.1) is 24.7 Å². The van der Waals surface area contributed by atoms with E-state index in [-0.39, 0.29) is 48.4 Å². The summed E-state index contributed by atoms with van der Waals surface area (Å²) in [5.41, 5.74) is 7.76. The molecule has 182 valence electrons. The molecular formula is C25H34N6O3. The maximum atomic E-state index is 13.3. The number of hydrogen-bond acceptors (Lipinski definition) is 6. The van der Waals surface area contributed by atoms with Crippen LogP contribution >= 0.6 is 0 Å². The van der Waals surface area contributed by atoms with Crippen LogP contribution in [0.5, 0.6) is 0 Å². The molecule has 4 rings (SSSR count). The number of nitrogens with one attached hydrogen (secondary N) is 1. The lowest BCUT2D eigenvalue weighted by molar-refractivity contribution is -0.144. The summed E-state index contributed by atoms with van der Waals surface area (Å²) in [6, 6.07) is 8.40. The third kappa shape index (κ3) is 4.52. The van der Waals surface area contributed by atoms with E-state index in [9.17, 15) is 19.6 Å². The summed E-state index contributed by atoms with van der Waals surface area (Å²) in [7, 11) is 1.59. The maximum Gasteiger partial charge on any atom is 0.251 e. The fourth-order valence-electron chi connectivity index (χ4n) is 5.61. The van der Waals surface area contributed by atoms with Crippen LogP contribution in [0.2, 0.25) is 0 Å². The first-order valence-electron chi connectivity index (χ1n) is 12.1. The highest BCUT2D eigenvalue weighted by Gasteiger charge is 2.54. The lowest BCUT2D eigenvalue weighted by atomic mass is 9.99. The minimum absolute atomic E-state index is 0.0195. The first-order valence-corrected chi connectivity index (χ1v) is 12.1. The van der Waals surface area contributed by atoms with Crippen LogP contribution in [-0.4, -0.2) is 83.3 Å². The van der Waals surface area contributed by atoms with E-state index in [2.05, 4.69) is 11.4 Å². The summed E-state index contributed by atoms with van der Waals surface area (Å²) in [5, 5.41) is 12.0. The predicted octanol–water partition coefficient (Wildman–Crippen LogP) is 0.870. The van der Waals surface area contributed by atoms with E-state index in [1.165, 1.54) is 0 Å². The highest BCUT2D eigenvalue weighted by molar-refractivity contribution is 5.94. The molecule has 1 aromatic carbocycles. The van der Waals surface area contributed by atoms with Crippen LogP contribution in [0.4, 0.5) is 0 Å². The molecule has 2 aliphatic heterocycles. The van der Waals surface area contributed by atoms with Gasteiger partial charge in [0.1, 0.15) is 6.04 Å². The molecule has 0 radical (unpaired) electrons. The van der Waals surface area contributed by atoms with Crippen LogP contribution in [0.3, 0.4) is 0 Å². The molecule has 0 bridgehead atoms. The van der Waals surface area contributed by atoms with Gasteiger partial charge in [0.2, 0.25) is 11.8 Å². The largest absolute Gasteiger partial charge is 0.355 e. The Hall–Kier alpha value is -2.96. The van der Waals surface area contributed by atoms with E-state index in [4.69, 9.17) is 5.73 Å². The molecule has 9 nitrogen and oxygen atoms in total. The summed E-state index contributed by atoms with van der Waals surface area (Å²) in [5.74, 6) is 0.0802. The fraction of sp³-hybridized carbons (Fsp3) is 0.600. The van der Waals surface area contributed by atoms with Crippen molar-refractivity contribution in [2.24, 2.45) is 11.7 Å². The van der Waals surface area contributed by atoms with E-state index in [1.54, 1.807) is 18.0 Å². The quantitative estimate of drug-likeness (QED) is 0.615. The maximum absolute atomic E-state index is 13.3. The molecule has 1 aliphatic carbocycles. The van der Waals surface area contributed by atoms with E-state index in [0.29, 0.717) is 24.6 Å². The standard InChI is InChI=1S/C25H34N6O3/c1-4-19-12-29(13-21(27)25(34)31-20(11-26)9-18-10-22(18)31)14-23(32)30(19)15(2)16-6-5-7-17(8-16)24(33)28-3/h5-8,15,18-22H,4,9-10,12-14,27H2,1-3H3,(H,28,33)/t15?,18?,19-,20?,21?,22?/m0/s1. The normalized spacial score (nSPS) is 28.1. The van der Waals surface area contributed by atoms with E-state index in [0.717, 1.165) is 24.8 Å². The van der Waals surface area contributed by atoms with Gasteiger partial charge in [0.25, 0.3) is 5.91 Å². The Labute approximate surface area is 200 Å². The highest BCUT2D eigenvalue weighted by atomic mass is 16.2. The summed E-state index contributed by atoms with van der Waals surface area (Å²) in [4.78, 5) is 43.9. The van der Waals surface area contributed by atoms with Gasteiger partial charge in [0, 0.05) is 37.8 Å². The third-order valence-electron chi connectivity index (χ3n) is 7.54. The van der Waals surface area contributed by atoms with Gasteiger partial charge in [0.15, 0.2) is 0 Å². The van der Waals surface area contributed by atoms with Crippen molar-refractivity contribution >= 4 is 17.7 Å². The molecule has 3 aliphatic rings. The van der Waals surface area contributed by atoms with Gasteiger partial charge in [-0.1, -0.05) is 19.1 Å². The molecule has 3 amide bonds. The average Bonchev–Trinajstić information content (AvgIpc) is 3.51. The van der Waals surface area contributed by atoms with Gasteiger partial charge in [-0.05, 0) is 49.8 Å². The Morgan fingerprint density at radius 2 is 2.09 bits per heavy atom. The number of nitrogens with zero attached hydrogens (tertiary/aromatic N) is 4. The van der Waals surface area contributed by atoms with Crippen LogP contribution in [0.1, 0.15) is 55.1 Å². The lowest BCUT2D eigenvalue weighted by Gasteiger charge is -2.44. The van der Waals surface area contributed by atoms with E-state index < -0.39 is 6.04 Å². The molecule has 5 unspecified atom stereocenters. The fourth-order valence-corrected chi connectivity index (χ4v) is 5.61. The minimum atomic E-state index is -0.756. The number of nitrogens with two attached hydrogens (primary N) is 1. The van der Waals surface area contributed by atoms with Crippen molar-refractivity contribution in [1.29, 1.82) is 5.26 Å². The van der Waals surface area contributed by atoms with Crippen molar-refractivity contribution in [3.8, 4) is 6.07 Å². The number of piperazine rings is 1. The Kier molecular flexibility index (Phi) is 6.91. The number of carbonyl (C=O) groups is 3. The molecule has 0 spiro atoms. The number of amides is 3. The van der Waals surface area contributed by atoms with Crippen molar-refractivity contribution < 1.29 is 14.4 Å². The molecule has 34 heavy (non-hydrogen) atoms. The molecule has 6 atom stereocenters. The molecule has 2 heterocycles. The van der Waals surface area contributed by atoms with Crippen LogP contribution in [-0.2, 0) is 9.59 Å². The van der Waals surface area contributed by atoms with Crippen molar-refractivity contribution in [2.75, 3.05) is 26.7 Å². The molecule has 0 aromatic heterocycles. The molecule has 9 heteroatoms. The number of piperidine rings is 1.